The Kier molecular flexibility index (Phi) is 3.17. The Morgan fingerprint density at radius 1 is 1.47 bits per heavy atom. The van der Waals surface area contributed by atoms with Gasteiger partial charge in [0.15, 0.2) is 6.29 Å². The molecule has 7 heteroatoms. The minimum Gasteiger partial charge on any atom is -0.298 e. The highest BCUT2D eigenvalue weighted by Crippen LogP contribution is 2.14. The maximum absolute atomic E-state index is 13.0. The lowest BCUT2D eigenvalue weighted by Crippen LogP contribution is -2.19. The predicted octanol–water partition coefficient (Wildman–Crippen LogP) is 1.64. The molecule has 0 aliphatic heterocycles. The summed E-state index contributed by atoms with van der Waals surface area (Å²) < 4.78 is 25.8. The molecule has 0 aliphatic carbocycles. The summed E-state index contributed by atoms with van der Waals surface area (Å²) in [5, 5.41) is 9.91. The Labute approximate surface area is 83.1 Å². The third-order valence-electron chi connectivity index (χ3n) is 1.65. The predicted molar refractivity (Wildman–Crippen MR) is 46.9 cm³/mol. The molecule has 3 N–H and O–H groups in total. The Hall–Kier alpha value is -2.18. The fourth-order valence-corrected chi connectivity index (χ4v) is 1.03. The van der Waals surface area contributed by atoms with Gasteiger partial charge in [-0.3, -0.25) is 10.2 Å². The van der Waals surface area contributed by atoms with Gasteiger partial charge in [0, 0.05) is 11.6 Å². The largest absolute Gasteiger partial charge is 0.298 e. The van der Waals surface area contributed by atoms with Crippen molar-refractivity contribution in [1.29, 1.82) is 10.9 Å². The number of carbonyl (C=O) groups excluding carboxylic acids is 1. The van der Waals surface area contributed by atoms with Crippen LogP contribution in [0.4, 0.5) is 8.78 Å². The first-order valence-corrected chi connectivity index (χ1v) is 3.75. The molecule has 0 bridgehead atoms. The summed E-state index contributed by atoms with van der Waals surface area (Å²) in [6.45, 7) is 0. The van der Waals surface area contributed by atoms with Gasteiger partial charge in [-0.25, -0.2) is 14.2 Å². The monoisotopic (exact) mass is 212 g/mol. The Balaban J connectivity index is 3.31. The molecule has 1 rings (SSSR count). The highest BCUT2D eigenvalue weighted by molar-refractivity contribution is 6.02. The van der Waals surface area contributed by atoms with Crippen molar-refractivity contribution in [2.45, 2.75) is 0 Å². The molecule has 0 atom stereocenters. The van der Waals surface area contributed by atoms with E-state index >= 15 is 0 Å². The van der Waals surface area contributed by atoms with E-state index in [1.54, 1.807) is 0 Å². The fraction of sp³-hybridized carbons (Fsp3) is 0. The van der Waals surface area contributed by atoms with Crippen LogP contribution in [0.3, 0.4) is 0 Å². The van der Waals surface area contributed by atoms with Crippen molar-refractivity contribution in [3.8, 4) is 0 Å². The maximum atomic E-state index is 13.0. The van der Waals surface area contributed by atoms with Gasteiger partial charge in [-0.1, -0.05) is 5.22 Å². The number of rotatable bonds is 3. The second-order valence-corrected chi connectivity index (χ2v) is 2.57. The van der Waals surface area contributed by atoms with Gasteiger partial charge in [0.1, 0.15) is 17.5 Å². The summed E-state index contributed by atoms with van der Waals surface area (Å²) in [5.74, 6) is -2.49. The third-order valence-corrected chi connectivity index (χ3v) is 1.65. The minimum absolute atomic E-state index is 0.171. The van der Waals surface area contributed by atoms with Crippen LogP contribution in [0, 0.1) is 22.6 Å². The Bertz CT molecular complexity index is 433. The number of benzene rings is 1. The van der Waals surface area contributed by atoms with Crippen molar-refractivity contribution in [2.24, 2.45) is 5.22 Å². The van der Waals surface area contributed by atoms with Gasteiger partial charge in [0.05, 0.1) is 5.56 Å². The van der Waals surface area contributed by atoms with Crippen LogP contribution in [-0.4, -0.2) is 12.1 Å². The minimum atomic E-state index is -1.06. The van der Waals surface area contributed by atoms with E-state index < -0.39 is 23.0 Å². The van der Waals surface area contributed by atoms with Crippen molar-refractivity contribution in [3.05, 3.63) is 34.9 Å². The first-order valence-electron chi connectivity index (χ1n) is 3.75. The van der Waals surface area contributed by atoms with E-state index in [9.17, 15) is 13.6 Å². The molecular weight excluding hydrogens is 206 g/mol. The number of carbonyl (C=O) groups is 1. The molecule has 0 saturated carbocycles. The van der Waals surface area contributed by atoms with Gasteiger partial charge < -0.3 is 0 Å². The molecule has 0 radical (unpaired) electrons. The second kappa shape index (κ2) is 4.36. The van der Waals surface area contributed by atoms with E-state index in [0.717, 1.165) is 6.07 Å². The normalized spacial score (nSPS) is 9.47. The van der Waals surface area contributed by atoms with Crippen molar-refractivity contribution in [1.82, 2.24) is 5.43 Å². The molecule has 1 aromatic carbocycles. The summed E-state index contributed by atoms with van der Waals surface area (Å²) in [7, 11) is 0. The highest BCUT2D eigenvalue weighted by Gasteiger charge is 2.14. The quantitative estimate of drug-likeness (QED) is 0.234. The zero-order chi connectivity index (χ0) is 11.4. The van der Waals surface area contributed by atoms with E-state index in [4.69, 9.17) is 10.9 Å². The standard InChI is InChI=1S/C8H6F2N4O/c9-4-1-5(8(11)13-14-12)6(3-15)7(10)2-4/h1-3H,(H3,11,12,13). The number of hydrogen-bond acceptors (Lipinski definition) is 4. The summed E-state index contributed by atoms with van der Waals surface area (Å²) in [4.78, 5) is 10.5. The molecule has 0 fully saturated rings. The van der Waals surface area contributed by atoms with E-state index in [1.807, 2.05) is 5.43 Å². The second-order valence-electron chi connectivity index (χ2n) is 2.57. The van der Waals surface area contributed by atoms with Crippen LogP contribution in [0.1, 0.15) is 15.9 Å². The van der Waals surface area contributed by atoms with Gasteiger partial charge in [0.25, 0.3) is 0 Å². The van der Waals surface area contributed by atoms with Crippen molar-refractivity contribution in [3.63, 3.8) is 0 Å². The first-order chi connectivity index (χ1) is 7.10. The number of nitrogens with one attached hydrogen (secondary N) is 3. The third kappa shape index (κ3) is 2.19. The molecule has 0 aromatic heterocycles. The number of nitrogens with zero attached hydrogens (tertiary/aromatic N) is 1. The van der Waals surface area contributed by atoms with Gasteiger partial charge in [-0.2, -0.15) is 5.53 Å². The molecule has 0 spiro atoms. The molecule has 0 aliphatic rings. The maximum Gasteiger partial charge on any atom is 0.153 e. The SMILES string of the molecule is N=NNC(=N)c1cc(F)cc(F)c1C=O. The van der Waals surface area contributed by atoms with Crippen LogP contribution in [0.5, 0.6) is 0 Å². The Morgan fingerprint density at radius 2 is 2.13 bits per heavy atom. The van der Waals surface area contributed by atoms with Gasteiger partial charge in [0.2, 0.25) is 0 Å². The molecule has 0 amide bonds. The molecule has 15 heavy (non-hydrogen) atoms. The molecule has 1 aromatic rings. The zero-order valence-corrected chi connectivity index (χ0v) is 7.34. The zero-order valence-electron chi connectivity index (χ0n) is 7.34. The average molecular weight is 212 g/mol. The smallest absolute Gasteiger partial charge is 0.153 e. The summed E-state index contributed by atoms with van der Waals surface area (Å²) >= 11 is 0. The van der Waals surface area contributed by atoms with E-state index in [-0.39, 0.29) is 11.8 Å². The van der Waals surface area contributed by atoms with Crippen LogP contribution < -0.4 is 5.43 Å². The number of hydrogen-bond donors (Lipinski definition) is 3. The fourth-order valence-electron chi connectivity index (χ4n) is 1.03. The number of amidine groups is 1. The van der Waals surface area contributed by atoms with E-state index in [1.165, 1.54) is 0 Å². The van der Waals surface area contributed by atoms with Crippen LogP contribution in [0.15, 0.2) is 17.4 Å². The lowest BCUT2D eigenvalue weighted by molar-refractivity contribution is 0.111. The summed E-state index contributed by atoms with van der Waals surface area (Å²) in [5.41, 5.74) is 7.56. The summed E-state index contributed by atoms with van der Waals surface area (Å²) in [6.07, 6.45) is 0.171. The molecule has 0 heterocycles. The van der Waals surface area contributed by atoms with Crippen LogP contribution in [0.25, 0.3) is 0 Å². The van der Waals surface area contributed by atoms with Gasteiger partial charge in [-0.15, -0.1) is 0 Å². The first kappa shape index (κ1) is 10.9. The Morgan fingerprint density at radius 3 is 2.67 bits per heavy atom. The molecule has 78 valence electrons. The van der Waals surface area contributed by atoms with Crippen LogP contribution in [-0.2, 0) is 0 Å². The van der Waals surface area contributed by atoms with Gasteiger partial charge >= 0.3 is 0 Å². The molecule has 5 nitrogen and oxygen atoms in total. The van der Waals surface area contributed by atoms with E-state index in [2.05, 4.69) is 5.22 Å². The number of aldehydes is 1. The highest BCUT2D eigenvalue weighted by atomic mass is 19.1. The summed E-state index contributed by atoms with van der Waals surface area (Å²) in [6, 6.07) is 1.35. The van der Waals surface area contributed by atoms with Crippen molar-refractivity contribution >= 4 is 12.1 Å². The molecule has 0 saturated heterocycles. The lowest BCUT2D eigenvalue weighted by Gasteiger charge is -2.06. The van der Waals surface area contributed by atoms with Crippen molar-refractivity contribution in [2.75, 3.05) is 0 Å². The molecule has 0 unspecified atom stereocenters. The lowest BCUT2D eigenvalue weighted by atomic mass is 10.1. The van der Waals surface area contributed by atoms with Gasteiger partial charge in [-0.05, 0) is 6.07 Å². The van der Waals surface area contributed by atoms with E-state index in [0.29, 0.717) is 6.07 Å². The number of halogens is 2. The topological polar surface area (TPSA) is 89.2 Å². The van der Waals surface area contributed by atoms with Crippen LogP contribution in [0.2, 0.25) is 0 Å². The average Bonchev–Trinajstić information content (AvgIpc) is 2.17. The van der Waals surface area contributed by atoms with Crippen LogP contribution >= 0.6 is 0 Å². The van der Waals surface area contributed by atoms with Crippen molar-refractivity contribution < 1.29 is 13.6 Å². The molecular formula is C8H6F2N4O.